The number of carbonyl (C=O) groups excluding carboxylic acids is 1. The van der Waals surface area contributed by atoms with Crippen molar-refractivity contribution >= 4 is 5.91 Å². The van der Waals surface area contributed by atoms with Crippen molar-refractivity contribution in [2.75, 3.05) is 6.54 Å². The summed E-state index contributed by atoms with van der Waals surface area (Å²) in [5.74, 6) is 1.58. The molecule has 0 spiro atoms. The van der Waals surface area contributed by atoms with Gasteiger partial charge >= 0.3 is 0 Å². The van der Waals surface area contributed by atoms with Crippen molar-refractivity contribution in [3.63, 3.8) is 0 Å². The summed E-state index contributed by atoms with van der Waals surface area (Å²) in [5.41, 5.74) is 3.61. The molecule has 1 amide bonds. The van der Waals surface area contributed by atoms with Crippen LogP contribution in [-0.4, -0.2) is 28.6 Å². The molecule has 1 aliphatic carbocycles. The van der Waals surface area contributed by atoms with Gasteiger partial charge in [0.25, 0.3) is 5.91 Å². The molecule has 0 bridgehead atoms. The Morgan fingerprint density at radius 2 is 2.12 bits per heavy atom. The van der Waals surface area contributed by atoms with E-state index in [0.717, 1.165) is 49.4 Å². The van der Waals surface area contributed by atoms with Gasteiger partial charge in [-0.05, 0) is 69.2 Å². The third-order valence-corrected chi connectivity index (χ3v) is 5.25. The van der Waals surface area contributed by atoms with Crippen LogP contribution in [0.25, 0.3) is 0 Å². The van der Waals surface area contributed by atoms with E-state index in [1.54, 1.807) is 0 Å². The fourth-order valence-corrected chi connectivity index (χ4v) is 3.99. The lowest BCUT2D eigenvalue weighted by atomic mass is 10.1. The van der Waals surface area contributed by atoms with E-state index in [-0.39, 0.29) is 11.9 Å². The second-order valence-electron chi connectivity index (χ2n) is 7.10. The predicted octanol–water partition coefficient (Wildman–Crippen LogP) is 3.60. The number of carbonyl (C=O) groups is 1. The molecule has 2 aromatic rings. The molecule has 25 heavy (non-hydrogen) atoms. The highest BCUT2D eigenvalue weighted by Gasteiger charge is 2.35. The molecular formula is C20H24N2O3. The number of amides is 1. The van der Waals surface area contributed by atoms with Crippen LogP contribution in [0.1, 0.15) is 54.8 Å². The molecule has 0 radical (unpaired) electrons. The van der Waals surface area contributed by atoms with E-state index in [1.807, 2.05) is 30.9 Å². The largest absolute Gasteiger partial charge is 0.481 e. The molecule has 0 unspecified atom stereocenters. The Balaban J connectivity index is 1.46. The van der Waals surface area contributed by atoms with Crippen molar-refractivity contribution in [1.29, 1.82) is 0 Å². The number of aromatic nitrogens is 1. The number of likely N-dealkylation sites (tertiary alicyclic amines) is 1. The first-order valence-electron chi connectivity index (χ1n) is 9.14. The summed E-state index contributed by atoms with van der Waals surface area (Å²) in [7, 11) is 0. The minimum Gasteiger partial charge on any atom is -0.481 e. The highest BCUT2D eigenvalue weighted by Crippen LogP contribution is 2.33. The van der Waals surface area contributed by atoms with Crippen LogP contribution in [0.2, 0.25) is 0 Å². The van der Waals surface area contributed by atoms with E-state index < -0.39 is 6.10 Å². The number of fused-ring (bicyclic) bond motifs is 1. The molecule has 4 rings (SSSR count). The van der Waals surface area contributed by atoms with Crippen LogP contribution >= 0.6 is 0 Å². The number of benzene rings is 1. The van der Waals surface area contributed by atoms with Gasteiger partial charge in [-0.2, -0.15) is 0 Å². The van der Waals surface area contributed by atoms with Gasteiger partial charge < -0.3 is 14.2 Å². The van der Waals surface area contributed by atoms with Crippen molar-refractivity contribution in [2.24, 2.45) is 0 Å². The predicted molar refractivity (Wildman–Crippen MR) is 93.5 cm³/mol. The Morgan fingerprint density at radius 1 is 1.28 bits per heavy atom. The minimum absolute atomic E-state index is 0.00368. The van der Waals surface area contributed by atoms with Gasteiger partial charge in [-0.3, -0.25) is 4.79 Å². The summed E-state index contributed by atoms with van der Waals surface area (Å²) < 4.78 is 11.2. The van der Waals surface area contributed by atoms with Gasteiger partial charge in [-0.1, -0.05) is 11.2 Å². The summed E-state index contributed by atoms with van der Waals surface area (Å²) in [6, 6.07) is 8.12. The summed E-state index contributed by atoms with van der Waals surface area (Å²) in [6.07, 6.45) is 4.86. The Hall–Kier alpha value is -2.30. The zero-order valence-electron chi connectivity index (χ0n) is 14.8. The first-order valence-corrected chi connectivity index (χ1v) is 9.14. The average Bonchev–Trinajstić information content (AvgIpc) is 3.33. The third-order valence-electron chi connectivity index (χ3n) is 5.25. The second kappa shape index (κ2) is 6.54. The molecule has 0 N–H and O–H groups in total. The molecule has 1 fully saturated rings. The number of hydrogen-bond donors (Lipinski definition) is 0. The highest BCUT2D eigenvalue weighted by molar-refractivity contribution is 5.81. The van der Waals surface area contributed by atoms with Gasteiger partial charge in [0, 0.05) is 12.6 Å². The summed E-state index contributed by atoms with van der Waals surface area (Å²) in [5, 5.41) is 4.10. The van der Waals surface area contributed by atoms with Gasteiger partial charge in [-0.15, -0.1) is 0 Å². The molecule has 132 valence electrons. The smallest absolute Gasteiger partial charge is 0.263 e. The summed E-state index contributed by atoms with van der Waals surface area (Å²) in [4.78, 5) is 14.8. The molecule has 5 nitrogen and oxygen atoms in total. The minimum atomic E-state index is -0.506. The lowest BCUT2D eigenvalue weighted by Crippen LogP contribution is -2.40. The molecule has 2 aliphatic rings. The van der Waals surface area contributed by atoms with Gasteiger partial charge in [0.2, 0.25) is 0 Å². The van der Waals surface area contributed by atoms with Crippen LogP contribution in [-0.2, 0) is 17.6 Å². The van der Waals surface area contributed by atoms with E-state index in [4.69, 9.17) is 9.26 Å². The standard InChI is InChI=1S/C20H24N2O3/c1-13-11-18(21-25-13)19-7-4-10-22(19)20(23)14(2)24-17-9-8-15-5-3-6-16(15)12-17/h8-9,11-12,14,19H,3-7,10H2,1-2H3/t14-,19+/m0/s1. The maximum absolute atomic E-state index is 12.9. The molecular weight excluding hydrogens is 316 g/mol. The maximum Gasteiger partial charge on any atom is 0.263 e. The van der Waals surface area contributed by atoms with E-state index >= 15 is 0 Å². The normalized spacial score (nSPS) is 20.6. The Kier molecular flexibility index (Phi) is 4.24. The van der Waals surface area contributed by atoms with Gasteiger partial charge in [-0.25, -0.2) is 0 Å². The molecule has 1 aromatic heterocycles. The molecule has 1 aliphatic heterocycles. The third kappa shape index (κ3) is 3.15. The monoisotopic (exact) mass is 340 g/mol. The van der Waals surface area contributed by atoms with Gasteiger partial charge in [0.05, 0.1) is 6.04 Å². The van der Waals surface area contributed by atoms with Crippen LogP contribution < -0.4 is 4.74 Å². The van der Waals surface area contributed by atoms with Crippen molar-refractivity contribution in [2.45, 2.75) is 58.1 Å². The molecule has 5 heteroatoms. The second-order valence-corrected chi connectivity index (χ2v) is 7.10. The van der Waals surface area contributed by atoms with Crippen LogP contribution in [0.4, 0.5) is 0 Å². The molecule has 2 atom stereocenters. The molecule has 0 saturated carbocycles. The Morgan fingerprint density at radius 3 is 2.92 bits per heavy atom. The number of ether oxygens (including phenoxy) is 1. The first-order chi connectivity index (χ1) is 12.1. The molecule has 2 heterocycles. The van der Waals surface area contributed by atoms with Crippen molar-refractivity contribution in [3.05, 3.63) is 46.8 Å². The Labute approximate surface area is 147 Å². The average molecular weight is 340 g/mol. The Bertz CT molecular complexity index is 783. The summed E-state index contributed by atoms with van der Waals surface area (Å²) in [6.45, 7) is 4.45. The lowest BCUT2D eigenvalue weighted by molar-refractivity contribution is -0.139. The quantitative estimate of drug-likeness (QED) is 0.853. The molecule has 1 saturated heterocycles. The summed E-state index contributed by atoms with van der Waals surface area (Å²) >= 11 is 0. The van der Waals surface area contributed by atoms with Crippen molar-refractivity contribution < 1.29 is 14.1 Å². The van der Waals surface area contributed by atoms with E-state index in [9.17, 15) is 4.79 Å². The van der Waals surface area contributed by atoms with E-state index in [0.29, 0.717) is 0 Å². The van der Waals surface area contributed by atoms with Crippen molar-refractivity contribution in [3.8, 4) is 5.75 Å². The lowest BCUT2D eigenvalue weighted by Gasteiger charge is -2.26. The van der Waals surface area contributed by atoms with E-state index in [1.165, 1.54) is 17.5 Å². The van der Waals surface area contributed by atoms with Crippen LogP contribution in [0.5, 0.6) is 5.75 Å². The van der Waals surface area contributed by atoms with Crippen LogP contribution in [0.15, 0.2) is 28.8 Å². The van der Waals surface area contributed by atoms with Gasteiger partial charge in [0.1, 0.15) is 17.2 Å². The maximum atomic E-state index is 12.9. The first kappa shape index (κ1) is 16.2. The zero-order chi connectivity index (χ0) is 17.4. The van der Waals surface area contributed by atoms with Gasteiger partial charge in [0.15, 0.2) is 6.10 Å². The topological polar surface area (TPSA) is 55.6 Å². The fraction of sp³-hybridized carbons (Fsp3) is 0.500. The molecule has 1 aromatic carbocycles. The van der Waals surface area contributed by atoms with Crippen LogP contribution in [0, 0.1) is 6.92 Å². The van der Waals surface area contributed by atoms with E-state index in [2.05, 4.69) is 17.3 Å². The number of hydrogen-bond acceptors (Lipinski definition) is 4. The van der Waals surface area contributed by atoms with Crippen molar-refractivity contribution in [1.82, 2.24) is 10.1 Å². The highest BCUT2D eigenvalue weighted by atomic mass is 16.5. The number of rotatable bonds is 4. The fourth-order valence-electron chi connectivity index (χ4n) is 3.99. The number of aryl methyl sites for hydroxylation is 3. The zero-order valence-corrected chi connectivity index (χ0v) is 14.8. The van der Waals surface area contributed by atoms with Crippen LogP contribution in [0.3, 0.4) is 0 Å². The number of nitrogens with zero attached hydrogens (tertiary/aromatic N) is 2. The SMILES string of the molecule is Cc1cc([C@H]2CCCN2C(=O)[C@H](C)Oc2ccc3c(c2)CCC3)no1.